The Bertz CT molecular complexity index is 584. The summed E-state index contributed by atoms with van der Waals surface area (Å²) in [5, 5.41) is 3.40. The van der Waals surface area contributed by atoms with Gasteiger partial charge >= 0.3 is 0 Å². The molecule has 1 aromatic heterocycles. The Morgan fingerprint density at radius 3 is 2.80 bits per heavy atom. The van der Waals surface area contributed by atoms with Gasteiger partial charge in [0.2, 0.25) is 0 Å². The van der Waals surface area contributed by atoms with E-state index in [9.17, 15) is 4.39 Å². The van der Waals surface area contributed by atoms with Crippen LogP contribution in [0.2, 0.25) is 0 Å². The molecule has 3 N–H and O–H groups in total. The lowest BCUT2D eigenvalue weighted by atomic mass is 9.97. The fourth-order valence-corrected chi connectivity index (χ4v) is 2.14. The first-order chi connectivity index (χ1) is 9.63. The summed E-state index contributed by atoms with van der Waals surface area (Å²) in [6.07, 6.45) is 4.39. The number of hydrogen-bond acceptors (Lipinski definition) is 3. The average molecular weight is 273 g/mol. The third-order valence-corrected chi connectivity index (χ3v) is 3.33. The number of pyridine rings is 1. The maximum Gasteiger partial charge on any atom is 0.126 e. The van der Waals surface area contributed by atoms with E-state index in [1.807, 2.05) is 6.07 Å². The first-order valence-corrected chi connectivity index (χ1v) is 6.82. The number of rotatable bonds is 5. The van der Waals surface area contributed by atoms with Crippen LogP contribution in [0, 0.1) is 12.7 Å². The highest BCUT2D eigenvalue weighted by molar-refractivity contribution is 5.49. The van der Waals surface area contributed by atoms with Gasteiger partial charge in [-0.05, 0) is 43.1 Å². The van der Waals surface area contributed by atoms with E-state index in [1.54, 1.807) is 37.5 Å². The van der Waals surface area contributed by atoms with Crippen molar-refractivity contribution < 1.29 is 4.39 Å². The highest BCUT2D eigenvalue weighted by Crippen LogP contribution is 2.27. The summed E-state index contributed by atoms with van der Waals surface area (Å²) in [6.45, 7) is 4.67. The van der Waals surface area contributed by atoms with Crippen LogP contribution in [0.15, 0.2) is 36.7 Å². The largest absolute Gasteiger partial charge is 0.398 e. The van der Waals surface area contributed by atoms with E-state index in [0.29, 0.717) is 11.3 Å². The predicted octanol–water partition coefficient (Wildman–Crippen LogP) is 3.20. The number of anilines is 1. The Labute approximate surface area is 119 Å². The van der Waals surface area contributed by atoms with Crippen molar-refractivity contribution in [2.75, 3.05) is 12.3 Å². The van der Waals surface area contributed by atoms with Crippen molar-refractivity contribution in [3.63, 3.8) is 0 Å². The fourth-order valence-electron chi connectivity index (χ4n) is 2.14. The Hall–Kier alpha value is -1.94. The quantitative estimate of drug-likeness (QED) is 0.879. The molecule has 1 aromatic carbocycles. The van der Waals surface area contributed by atoms with Gasteiger partial charge in [0.05, 0.1) is 6.04 Å². The predicted molar refractivity (Wildman–Crippen MR) is 79.9 cm³/mol. The van der Waals surface area contributed by atoms with Crippen LogP contribution in [0.4, 0.5) is 10.1 Å². The minimum absolute atomic E-state index is 0.140. The number of nitrogen functional groups attached to an aromatic ring is 1. The summed E-state index contributed by atoms with van der Waals surface area (Å²) in [6, 6.07) is 6.91. The van der Waals surface area contributed by atoms with Crippen LogP contribution in [0.25, 0.3) is 0 Å². The summed E-state index contributed by atoms with van der Waals surface area (Å²) in [4.78, 5) is 4.13. The Morgan fingerprint density at radius 1 is 1.35 bits per heavy atom. The maximum absolute atomic E-state index is 13.8. The van der Waals surface area contributed by atoms with Crippen LogP contribution in [0.5, 0.6) is 0 Å². The van der Waals surface area contributed by atoms with Gasteiger partial charge < -0.3 is 11.1 Å². The molecule has 20 heavy (non-hydrogen) atoms. The van der Waals surface area contributed by atoms with E-state index in [2.05, 4.69) is 17.2 Å². The molecule has 1 unspecified atom stereocenters. The number of nitrogens with zero attached hydrogens (tertiary/aromatic N) is 1. The summed E-state index contributed by atoms with van der Waals surface area (Å²) < 4.78 is 13.8. The summed E-state index contributed by atoms with van der Waals surface area (Å²) in [5.41, 5.74) is 9.07. The highest BCUT2D eigenvalue weighted by Gasteiger charge is 2.17. The zero-order valence-electron chi connectivity index (χ0n) is 11.9. The van der Waals surface area contributed by atoms with Crippen LogP contribution in [-0.2, 0) is 0 Å². The lowest BCUT2D eigenvalue weighted by Crippen LogP contribution is -2.24. The van der Waals surface area contributed by atoms with Crippen molar-refractivity contribution in [1.29, 1.82) is 0 Å². The Balaban J connectivity index is 2.41. The number of aryl methyl sites for hydroxylation is 1. The fraction of sp³-hybridized carbons (Fsp3) is 0.312. The molecule has 0 amide bonds. The van der Waals surface area contributed by atoms with Crippen LogP contribution in [-0.4, -0.2) is 11.5 Å². The van der Waals surface area contributed by atoms with Gasteiger partial charge in [0.25, 0.3) is 0 Å². The van der Waals surface area contributed by atoms with Gasteiger partial charge in [-0.25, -0.2) is 4.39 Å². The van der Waals surface area contributed by atoms with E-state index < -0.39 is 0 Å². The second-order valence-corrected chi connectivity index (χ2v) is 4.90. The van der Waals surface area contributed by atoms with Crippen LogP contribution in [0.1, 0.15) is 36.1 Å². The van der Waals surface area contributed by atoms with Gasteiger partial charge in [-0.1, -0.05) is 19.1 Å². The number of nitrogens with two attached hydrogens (primary N) is 1. The molecule has 106 valence electrons. The van der Waals surface area contributed by atoms with Crippen LogP contribution < -0.4 is 11.1 Å². The molecule has 0 aliphatic carbocycles. The highest BCUT2D eigenvalue weighted by atomic mass is 19.1. The molecule has 3 nitrogen and oxygen atoms in total. The molecule has 0 saturated heterocycles. The van der Waals surface area contributed by atoms with E-state index in [4.69, 9.17) is 5.73 Å². The topological polar surface area (TPSA) is 50.9 Å². The molecule has 1 atom stereocenters. The summed E-state index contributed by atoms with van der Waals surface area (Å²) >= 11 is 0. The van der Waals surface area contributed by atoms with Gasteiger partial charge in [-0.3, -0.25) is 4.98 Å². The van der Waals surface area contributed by atoms with Crippen LogP contribution >= 0.6 is 0 Å². The molecule has 2 aromatic rings. The second kappa shape index (κ2) is 6.48. The molecular formula is C16H20FN3. The number of benzene rings is 1. The zero-order valence-corrected chi connectivity index (χ0v) is 11.9. The molecule has 4 heteroatoms. The molecule has 0 radical (unpaired) electrons. The van der Waals surface area contributed by atoms with Crippen molar-refractivity contribution in [2.45, 2.75) is 26.3 Å². The Morgan fingerprint density at radius 2 is 2.15 bits per heavy atom. The smallest absolute Gasteiger partial charge is 0.126 e. The minimum atomic E-state index is -0.201. The third kappa shape index (κ3) is 3.14. The third-order valence-electron chi connectivity index (χ3n) is 3.33. The lowest BCUT2D eigenvalue weighted by molar-refractivity contribution is 0.582. The zero-order chi connectivity index (χ0) is 14.5. The molecule has 0 fully saturated rings. The monoisotopic (exact) mass is 273 g/mol. The lowest BCUT2D eigenvalue weighted by Gasteiger charge is -2.21. The van der Waals surface area contributed by atoms with E-state index >= 15 is 0 Å². The molecule has 0 bridgehead atoms. The van der Waals surface area contributed by atoms with E-state index in [-0.39, 0.29) is 11.9 Å². The first kappa shape index (κ1) is 14.5. The molecule has 0 spiro atoms. The maximum atomic E-state index is 13.8. The number of aromatic nitrogens is 1. The summed E-state index contributed by atoms with van der Waals surface area (Å²) in [7, 11) is 0. The average Bonchev–Trinajstić information content (AvgIpc) is 2.44. The van der Waals surface area contributed by atoms with Gasteiger partial charge in [-0.2, -0.15) is 0 Å². The molecular weight excluding hydrogens is 253 g/mol. The normalized spacial score (nSPS) is 12.3. The summed E-state index contributed by atoms with van der Waals surface area (Å²) in [5.74, 6) is -0.201. The van der Waals surface area contributed by atoms with Gasteiger partial charge in [0.15, 0.2) is 0 Å². The molecule has 0 aliphatic heterocycles. The van der Waals surface area contributed by atoms with E-state index in [1.165, 1.54) is 0 Å². The minimum Gasteiger partial charge on any atom is -0.398 e. The number of halogens is 1. The Kier molecular flexibility index (Phi) is 4.69. The first-order valence-electron chi connectivity index (χ1n) is 6.82. The van der Waals surface area contributed by atoms with Crippen LogP contribution in [0.3, 0.4) is 0 Å². The van der Waals surface area contributed by atoms with Gasteiger partial charge in [0, 0.05) is 23.6 Å². The van der Waals surface area contributed by atoms with Crippen molar-refractivity contribution >= 4 is 5.69 Å². The second-order valence-electron chi connectivity index (χ2n) is 4.90. The molecule has 1 heterocycles. The van der Waals surface area contributed by atoms with Gasteiger partial charge in [0.1, 0.15) is 5.82 Å². The van der Waals surface area contributed by atoms with E-state index in [0.717, 1.165) is 24.1 Å². The van der Waals surface area contributed by atoms with Crippen molar-refractivity contribution in [3.05, 3.63) is 59.2 Å². The standard InChI is InChI=1S/C16H20FN3/c1-3-7-20-16(13-10-19-8-6-15(13)18)12-5-4-11(2)14(17)9-12/h4-6,8-10,16,20H,3,7H2,1-2H3,(H2,18,19). The molecule has 2 rings (SSSR count). The number of hydrogen-bond donors (Lipinski definition) is 2. The SMILES string of the molecule is CCCNC(c1ccc(C)c(F)c1)c1cnccc1N. The van der Waals surface area contributed by atoms with Crippen molar-refractivity contribution in [2.24, 2.45) is 0 Å². The van der Waals surface area contributed by atoms with Crippen molar-refractivity contribution in [1.82, 2.24) is 10.3 Å². The molecule has 0 aliphatic rings. The number of nitrogens with one attached hydrogen (secondary N) is 1. The van der Waals surface area contributed by atoms with Gasteiger partial charge in [-0.15, -0.1) is 0 Å². The van der Waals surface area contributed by atoms with Crippen molar-refractivity contribution in [3.8, 4) is 0 Å². The molecule has 0 saturated carbocycles.